The van der Waals surface area contributed by atoms with Crippen molar-refractivity contribution in [2.75, 3.05) is 13.7 Å². The van der Waals surface area contributed by atoms with Crippen molar-refractivity contribution in [1.29, 1.82) is 0 Å². The van der Waals surface area contributed by atoms with E-state index in [1.165, 1.54) is 0 Å². The number of benzene rings is 1. The maximum Gasteiger partial charge on any atom is 0.124 e. The van der Waals surface area contributed by atoms with E-state index in [-0.39, 0.29) is 12.6 Å². The van der Waals surface area contributed by atoms with Crippen molar-refractivity contribution < 1.29 is 9.84 Å². The van der Waals surface area contributed by atoms with E-state index < -0.39 is 0 Å². The molecule has 4 nitrogen and oxygen atoms in total. The molecule has 2 rings (SSSR count). The number of ether oxygens (including phenoxy) is 1. The molecule has 0 amide bonds. The summed E-state index contributed by atoms with van der Waals surface area (Å²) in [5.74, 6) is 0.776. The first-order valence-electron chi connectivity index (χ1n) is 8.12. The second-order valence-corrected chi connectivity index (χ2v) is 5.79. The number of aliphatic hydroxyl groups excluding tert-OH is 1. The maximum atomic E-state index is 9.56. The van der Waals surface area contributed by atoms with Crippen LogP contribution in [0.15, 0.2) is 42.6 Å². The van der Waals surface area contributed by atoms with Crippen molar-refractivity contribution in [1.82, 2.24) is 9.88 Å². The third kappa shape index (κ3) is 4.78. The van der Waals surface area contributed by atoms with Gasteiger partial charge in [0.25, 0.3) is 0 Å². The average Bonchev–Trinajstić information content (AvgIpc) is 2.60. The summed E-state index contributed by atoms with van der Waals surface area (Å²) in [4.78, 5) is 6.66. The largest absolute Gasteiger partial charge is 0.493 e. The molecular weight excluding hydrogens is 288 g/mol. The molecule has 1 unspecified atom stereocenters. The van der Waals surface area contributed by atoms with Gasteiger partial charge in [0.05, 0.1) is 18.9 Å². The van der Waals surface area contributed by atoms with Gasteiger partial charge in [-0.05, 0) is 50.2 Å². The van der Waals surface area contributed by atoms with Gasteiger partial charge in [-0.2, -0.15) is 0 Å². The molecule has 0 bridgehead atoms. The Morgan fingerprint density at radius 2 is 2.09 bits per heavy atom. The van der Waals surface area contributed by atoms with Gasteiger partial charge >= 0.3 is 0 Å². The third-order valence-electron chi connectivity index (χ3n) is 3.97. The van der Waals surface area contributed by atoms with Gasteiger partial charge < -0.3 is 9.84 Å². The van der Waals surface area contributed by atoms with Crippen LogP contribution in [-0.2, 0) is 13.2 Å². The van der Waals surface area contributed by atoms with Gasteiger partial charge in [0.2, 0.25) is 0 Å². The minimum Gasteiger partial charge on any atom is -0.493 e. The minimum atomic E-state index is -0.00754. The van der Waals surface area contributed by atoms with Crippen LogP contribution in [0.3, 0.4) is 0 Å². The van der Waals surface area contributed by atoms with Crippen LogP contribution in [0.5, 0.6) is 5.75 Å². The smallest absolute Gasteiger partial charge is 0.124 e. The number of pyridine rings is 1. The van der Waals surface area contributed by atoms with Gasteiger partial charge in [-0.1, -0.05) is 19.1 Å². The van der Waals surface area contributed by atoms with Crippen LogP contribution < -0.4 is 4.74 Å². The summed E-state index contributed by atoms with van der Waals surface area (Å²) in [5, 5.41) is 9.56. The summed E-state index contributed by atoms with van der Waals surface area (Å²) in [5.41, 5.74) is 3.05. The molecule has 0 aliphatic rings. The number of hydrogen-bond donors (Lipinski definition) is 1. The van der Waals surface area contributed by atoms with Crippen LogP contribution in [0.25, 0.3) is 0 Å². The molecule has 0 fully saturated rings. The molecule has 1 heterocycles. The first kappa shape index (κ1) is 17.4. The summed E-state index contributed by atoms with van der Waals surface area (Å²) in [6.07, 6.45) is 2.78. The zero-order valence-electron chi connectivity index (χ0n) is 14.2. The lowest BCUT2D eigenvalue weighted by Crippen LogP contribution is -2.22. The summed E-state index contributed by atoms with van der Waals surface area (Å²) in [6, 6.07) is 12.2. The lowest BCUT2D eigenvalue weighted by atomic mass is 10.1. The van der Waals surface area contributed by atoms with Gasteiger partial charge in [0.1, 0.15) is 5.75 Å². The molecule has 1 aromatic carbocycles. The van der Waals surface area contributed by atoms with Crippen molar-refractivity contribution >= 4 is 0 Å². The molecule has 1 aromatic heterocycles. The van der Waals surface area contributed by atoms with E-state index in [0.29, 0.717) is 6.61 Å². The molecule has 2 aromatic rings. The molecule has 124 valence electrons. The highest BCUT2D eigenvalue weighted by Crippen LogP contribution is 2.23. The number of aromatic nitrogens is 1. The molecule has 0 saturated carbocycles. The van der Waals surface area contributed by atoms with Crippen molar-refractivity contribution in [2.24, 2.45) is 0 Å². The van der Waals surface area contributed by atoms with Crippen molar-refractivity contribution in [3.8, 4) is 5.75 Å². The highest BCUT2D eigenvalue weighted by atomic mass is 16.5. The highest BCUT2D eigenvalue weighted by Gasteiger charge is 2.14. The van der Waals surface area contributed by atoms with Gasteiger partial charge in [-0.3, -0.25) is 9.88 Å². The summed E-state index contributed by atoms with van der Waals surface area (Å²) < 4.78 is 5.67. The normalized spacial score (nSPS) is 12.4. The molecule has 23 heavy (non-hydrogen) atoms. The highest BCUT2D eigenvalue weighted by molar-refractivity contribution is 5.37. The topological polar surface area (TPSA) is 45.6 Å². The van der Waals surface area contributed by atoms with Gasteiger partial charge in [-0.15, -0.1) is 0 Å². The van der Waals surface area contributed by atoms with Crippen molar-refractivity contribution in [2.45, 2.75) is 39.5 Å². The van der Waals surface area contributed by atoms with Crippen molar-refractivity contribution in [3.05, 3.63) is 59.4 Å². The fourth-order valence-electron chi connectivity index (χ4n) is 2.48. The Balaban J connectivity index is 2.07. The monoisotopic (exact) mass is 314 g/mol. The van der Waals surface area contributed by atoms with Crippen LogP contribution in [0.1, 0.15) is 43.1 Å². The molecule has 0 spiro atoms. The van der Waals surface area contributed by atoms with Crippen LogP contribution in [0.2, 0.25) is 0 Å². The van der Waals surface area contributed by atoms with E-state index in [0.717, 1.165) is 35.5 Å². The fourth-order valence-corrected chi connectivity index (χ4v) is 2.48. The van der Waals surface area contributed by atoms with E-state index in [1.54, 1.807) is 0 Å². The Kier molecular flexibility index (Phi) is 6.56. The Hall–Kier alpha value is -1.91. The quantitative estimate of drug-likeness (QED) is 0.809. The van der Waals surface area contributed by atoms with E-state index in [4.69, 9.17) is 4.74 Å². The van der Waals surface area contributed by atoms with Crippen LogP contribution >= 0.6 is 0 Å². The second-order valence-electron chi connectivity index (χ2n) is 5.79. The van der Waals surface area contributed by atoms with Crippen molar-refractivity contribution in [3.63, 3.8) is 0 Å². The number of aliphatic hydroxyl groups is 1. The van der Waals surface area contributed by atoms with Gasteiger partial charge in [0.15, 0.2) is 0 Å². The molecular formula is C19H26N2O2. The maximum absolute atomic E-state index is 9.56. The molecule has 0 saturated heterocycles. The van der Waals surface area contributed by atoms with Gasteiger partial charge in [-0.25, -0.2) is 0 Å². The average molecular weight is 314 g/mol. The zero-order chi connectivity index (χ0) is 16.7. The summed E-state index contributed by atoms with van der Waals surface area (Å²) in [7, 11) is 2.08. The van der Waals surface area contributed by atoms with E-state index in [2.05, 4.69) is 36.8 Å². The Morgan fingerprint density at radius 3 is 2.74 bits per heavy atom. The Labute approximate surface area is 138 Å². The second kappa shape index (κ2) is 8.65. The first-order valence-corrected chi connectivity index (χ1v) is 8.12. The molecule has 0 radical (unpaired) electrons. The van der Waals surface area contributed by atoms with E-state index >= 15 is 0 Å². The summed E-state index contributed by atoms with van der Waals surface area (Å²) in [6.45, 7) is 5.67. The van der Waals surface area contributed by atoms with Crippen LogP contribution in [-0.4, -0.2) is 28.6 Å². The number of hydrogen-bond acceptors (Lipinski definition) is 4. The summed E-state index contributed by atoms with van der Waals surface area (Å²) >= 11 is 0. The van der Waals surface area contributed by atoms with Crippen LogP contribution in [0.4, 0.5) is 0 Å². The molecule has 0 aliphatic carbocycles. The SMILES string of the molecule is CCCOc1ccc(CN(C)C(C)c2ccccn2)cc1CO. The van der Waals surface area contributed by atoms with Gasteiger partial charge in [0, 0.05) is 24.3 Å². The number of rotatable bonds is 8. The Bertz CT molecular complexity index is 602. The van der Waals surface area contributed by atoms with Crippen LogP contribution in [0, 0.1) is 0 Å². The molecule has 4 heteroatoms. The molecule has 1 N–H and O–H groups in total. The lowest BCUT2D eigenvalue weighted by Gasteiger charge is -2.24. The minimum absolute atomic E-state index is 0.00754. The zero-order valence-corrected chi connectivity index (χ0v) is 14.2. The predicted octanol–water partition coefficient (Wildman–Crippen LogP) is 3.56. The lowest BCUT2D eigenvalue weighted by molar-refractivity contribution is 0.246. The van der Waals surface area contributed by atoms with E-state index in [9.17, 15) is 5.11 Å². The van der Waals surface area contributed by atoms with E-state index in [1.807, 2.05) is 36.5 Å². The first-order chi connectivity index (χ1) is 11.2. The Morgan fingerprint density at radius 1 is 1.26 bits per heavy atom. The predicted molar refractivity (Wildman–Crippen MR) is 92.3 cm³/mol. The standard InChI is InChI=1S/C19H26N2O2/c1-4-11-23-19-9-8-16(12-17(19)14-22)13-21(3)15(2)18-7-5-6-10-20-18/h5-10,12,15,22H,4,11,13-14H2,1-3H3. The molecule has 0 aliphatic heterocycles. The number of nitrogens with zero attached hydrogens (tertiary/aromatic N) is 2. The third-order valence-corrected chi connectivity index (χ3v) is 3.97. The fraction of sp³-hybridized carbons (Fsp3) is 0.421. The molecule has 1 atom stereocenters.